The maximum absolute atomic E-state index is 11.4. The fourth-order valence-electron chi connectivity index (χ4n) is 1.45. The number of benzene rings is 1. The number of hydrogen-bond donors (Lipinski definition) is 2. The second-order valence-corrected chi connectivity index (χ2v) is 4.05. The molecule has 0 amide bonds. The molecule has 4 heteroatoms. The minimum Gasteiger partial charge on any atom is -0.394 e. The molecule has 0 bridgehead atoms. The number of nitrogens with two attached hydrogens (primary N) is 1. The number of rotatable bonds is 1. The highest BCUT2D eigenvalue weighted by Crippen LogP contribution is 2.25. The largest absolute Gasteiger partial charge is 0.394 e. The number of nitrogens with one attached hydrogen (secondary N) is 1. The Kier molecular flexibility index (Phi) is 2.71. The first-order chi connectivity index (χ1) is 7.58. The summed E-state index contributed by atoms with van der Waals surface area (Å²) in [5.74, 6) is 0. The number of nitrogen functional groups attached to an aromatic ring is 1. The van der Waals surface area contributed by atoms with Gasteiger partial charge in [-0.25, -0.2) is 0 Å². The monoisotopic (exact) mass is 234 g/mol. The number of anilines is 1. The Morgan fingerprint density at radius 2 is 1.88 bits per heavy atom. The minimum absolute atomic E-state index is 0.126. The summed E-state index contributed by atoms with van der Waals surface area (Å²) in [6.07, 6.45) is 0. The van der Waals surface area contributed by atoms with Gasteiger partial charge in [0.25, 0.3) is 5.56 Å². The molecule has 0 spiro atoms. The van der Waals surface area contributed by atoms with Gasteiger partial charge in [-0.05, 0) is 18.6 Å². The van der Waals surface area contributed by atoms with E-state index in [1.54, 1.807) is 0 Å². The zero-order valence-corrected chi connectivity index (χ0v) is 9.51. The number of pyridine rings is 1. The third kappa shape index (κ3) is 1.95. The van der Waals surface area contributed by atoms with Crippen LogP contribution >= 0.6 is 11.6 Å². The molecule has 0 radical (unpaired) electrons. The van der Waals surface area contributed by atoms with Crippen LogP contribution in [0.5, 0.6) is 0 Å². The van der Waals surface area contributed by atoms with E-state index in [0.717, 1.165) is 11.1 Å². The van der Waals surface area contributed by atoms with Crippen molar-refractivity contribution in [2.45, 2.75) is 6.92 Å². The van der Waals surface area contributed by atoms with Crippen LogP contribution in [0.25, 0.3) is 11.3 Å². The molecule has 0 saturated heterocycles. The molecule has 3 nitrogen and oxygen atoms in total. The predicted octanol–water partition coefficient (Wildman–Crippen LogP) is 2.59. The van der Waals surface area contributed by atoms with Gasteiger partial charge in [-0.3, -0.25) is 4.79 Å². The average Bonchev–Trinajstić information content (AvgIpc) is 2.25. The molecule has 0 aliphatic rings. The van der Waals surface area contributed by atoms with Crippen LogP contribution in [-0.4, -0.2) is 4.98 Å². The average molecular weight is 235 g/mol. The van der Waals surface area contributed by atoms with Crippen LogP contribution < -0.4 is 11.3 Å². The van der Waals surface area contributed by atoms with Crippen molar-refractivity contribution in [3.05, 3.63) is 51.3 Å². The number of H-pyrrole nitrogens is 1. The summed E-state index contributed by atoms with van der Waals surface area (Å²) < 4.78 is 0. The van der Waals surface area contributed by atoms with E-state index in [1.165, 1.54) is 6.07 Å². The van der Waals surface area contributed by atoms with E-state index in [-0.39, 0.29) is 11.2 Å². The third-order valence-corrected chi connectivity index (χ3v) is 2.66. The lowest BCUT2D eigenvalue weighted by Gasteiger charge is -2.05. The van der Waals surface area contributed by atoms with Crippen molar-refractivity contribution in [3.8, 4) is 11.3 Å². The molecule has 0 aliphatic heterocycles. The number of aromatic nitrogens is 1. The van der Waals surface area contributed by atoms with Crippen molar-refractivity contribution in [1.82, 2.24) is 4.98 Å². The summed E-state index contributed by atoms with van der Waals surface area (Å²) in [5.41, 5.74) is 7.89. The first kappa shape index (κ1) is 10.8. The molecule has 2 aromatic rings. The minimum atomic E-state index is -0.319. The molecular formula is C12H11ClN2O. The Morgan fingerprint density at radius 1 is 1.25 bits per heavy atom. The van der Waals surface area contributed by atoms with E-state index < -0.39 is 0 Å². The molecule has 16 heavy (non-hydrogen) atoms. The standard InChI is InChI=1S/C12H11ClN2O/c1-7-2-4-8(5-3-7)11-9(13)6-10(14)12(16)15-11/h2-6H,14H2,1H3,(H,15,16). The molecule has 0 aliphatic carbocycles. The molecule has 3 N–H and O–H groups in total. The summed E-state index contributed by atoms with van der Waals surface area (Å²) >= 11 is 6.03. The lowest BCUT2D eigenvalue weighted by molar-refractivity contribution is 1.24. The molecule has 2 rings (SSSR count). The van der Waals surface area contributed by atoms with Gasteiger partial charge in [0.1, 0.15) is 0 Å². The van der Waals surface area contributed by atoms with Crippen molar-refractivity contribution in [3.63, 3.8) is 0 Å². The maximum atomic E-state index is 11.4. The second-order valence-electron chi connectivity index (χ2n) is 3.64. The number of hydrogen-bond acceptors (Lipinski definition) is 2. The smallest absolute Gasteiger partial charge is 0.271 e. The Hall–Kier alpha value is -1.74. The topological polar surface area (TPSA) is 58.9 Å². The first-order valence-corrected chi connectivity index (χ1v) is 5.21. The zero-order chi connectivity index (χ0) is 11.7. The summed E-state index contributed by atoms with van der Waals surface area (Å²) in [6.45, 7) is 2.00. The van der Waals surface area contributed by atoms with E-state index in [4.69, 9.17) is 17.3 Å². The van der Waals surface area contributed by atoms with Crippen molar-refractivity contribution in [1.29, 1.82) is 0 Å². The van der Waals surface area contributed by atoms with Crippen LogP contribution in [0, 0.1) is 6.92 Å². The summed E-state index contributed by atoms with van der Waals surface area (Å²) in [7, 11) is 0. The molecule has 1 aromatic heterocycles. The molecule has 0 fully saturated rings. The van der Waals surface area contributed by atoms with Crippen molar-refractivity contribution < 1.29 is 0 Å². The molecule has 1 aromatic carbocycles. The lowest BCUT2D eigenvalue weighted by Crippen LogP contribution is -2.12. The quantitative estimate of drug-likeness (QED) is 0.797. The van der Waals surface area contributed by atoms with Crippen molar-refractivity contribution in [2.24, 2.45) is 0 Å². The van der Waals surface area contributed by atoms with Gasteiger partial charge in [-0.1, -0.05) is 41.4 Å². The van der Waals surface area contributed by atoms with Gasteiger partial charge in [-0.15, -0.1) is 0 Å². The van der Waals surface area contributed by atoms with Crippen molar-refractivity contribution >= 4 is 17.3 Å². The maximum Gasteiger partial charge on any atom is 0.271 e. The van der Waals surface area contributed by atoms with Gasteiger partial charge in [-0.2, -0.15) is 0 Å². The predicted molar refractivity (Wildman–Crippen MR) is 66.7 cm³/mol. The number of halogens is 1. The highest BCUT2D eigenvalue weighted by atomic mass is 35.5. The van der Waals surface area contributed by atoms with Crippen LogP contribution in [0.3, 0.4) is 0 Å². The van der Waals surface area contributed by atoms with Crippen LogP contribution in [0.15, 0.2) is 35.1 Å². The Labute approximate surface area is 97.9 Å². The summed E-state index contributed by atoms with van der Waals surface area (Å²) in [6, 6.07) is 9.20. The number of aryl methyl sites for hydroxylation is 1. The molecule has 82 valence electrons. The van der Waals surface area contributed by atoms with Gasteiger partial charge in [0.15, 0.2) is 0 Å². The Balaban J connectivity index is 2.60. The van der Waals surface area contributed by atoms with E-state index in [2.05, 4.69) is 4.98 Å². The summed E-state index contributed by atoms with van der Waals surface area (Å²) in [4.78, 5) is 14.1. The van der Waals surface area contributed by atoms with E-state index in [1.807, 2.05) is 31.2 Å². The van der Waals surface area contributed by atoms with Crippen LogP contribution in [-0.2, 0) is 0 Å². The van der Waals surface area contributed by atoms with Gasteiger partial charge in [0.2, 0.25) is 0 Å². The van der Waals surface area contributed by atoms with E-state index >= 15 is 0 Å². The lowest BCUT2D eigenvalue weighted by atomic mass is 10.1. The van der Waals surface area contributed by atoms with E-state index in [9.17, 15) is 4.79 Å². The fourth-order valence-corrected chi connectivity index (χ4v) is 1.72. The molecule has 1 heterocycles. The van der Waals surface area contributed by atoms with Crippen molar-refractivity contribution in [2.75, 3.05) is 5.73 Å². The second kappa shape index (κ2) is 4.02. The van der Waals surface area contributed by atoms with Crippen LogP contribution in [0.2, 0.25) is 5.02 Å². The number of aromatic amines is 1. The zero-order valence-electron chi connectivity index (χ0n) is 8.75. The van der Waals surface area contributed by atoms with Crippen LogP contribution in [0.4, 0.5) is 5.69 Å². The van der Waals surface area contributed by atoms with Crippen LogP contribution in [0.1, 0.15) is 5.56 Å². The van der Waals surface area contributed by atoms with Gasteiger partial charge in [0, 0.05) is 0 Å². The fraction of sp³-hybridized carbons (Fsp3) is 0.0833. The Morgan fingerprint density at radius 3 is 2.50 bits per heavy atom. The summed E-state index contributed by atoms with van der Waals surface area (Å²) in [5, 5.41) is 0.445. The third-order valence-electron chi connectivity index (χ3n) is 2.36. The molecular weight excluding hydrogens is 224 g/mol. The van der Waals surface area contributed by atoms with Gasteiger partial charge >= 0.3 is 0 Å². The molecule has 0 unspecified atom stereocenters. The normalized spacial score (nSPS) is 10.4. The highest BCUT2D eigenvalue weighted by Gasteiger charge is 2.06. The molecule has 0 atom stereocenters. The Bertz CT molecular complexity index is 573. The van der Waals surface area contributed by atoms with Gasteiger partial charge in [0.05, 0.1) is 16.4 Å². The SMILES string of the molecule is Cc1ccc(-c2[nH]c(=O)c(N)cc2Cl)cc1. The van der Waals surface area contributed by atoms with Gasteiger partial charge < -0.3 is 10.7 Å². The highest BCUT2D eigenvalue weighted by molar-refractivity contribution is 6.33. The van der Waals surface area contributed by atoms with E-state index in [0.29, 0.717) is 10.7 Å². The first-order valence-electron chi connectivity index (χ1n) is 4.83. The molecule has 0 saturated carbocycles.